The van der Waals surface area contributed by atoms with E-state index >= 15 is 0 Å². The Labute approximate surface area is 118 Å². The maximum Gasteiger partial charge on any atom is 0.159 e. The molecule has 0 radical (unpaired) electrons. The molecule has 19 heavy (non-hydrogen) atoms. The number of rotatable bonds is 4. The Bertz CT molecular complexity index is 611. The van der Waals surface area contributed by atoms with E-state index < -0.39 is 0 Å². The third-order valence-electron chi connectivity index (χ3n) is 4.17. The van der Waals surface area contributed by atoms with E-state index in [0.29, 0.717) is 6.04 Å². The zero-order valence-electron chi connectivity index (χ0n) is 12.0. The van der Waals surface area contributed by atoms with Gasteiger partial charge in [0, 0.05) is 12.6 Å². The number of hydrogen-bond acceptors (Lipinski definition) is 2. The van der Waals surface area contributed by atoms with Gasteiger partial charge in [0.1, 0.15) is 11.3 Å². The molecule has 3 rings (SSSR count). The minimum Gasteiger partial charge on any atom is -0.308 e. The van der Waals surface area contributed by atoms with Gasteiger partial charge in [0.2, 0.25) is 0 Å². The van der Waals surface area contributed by atoms with Crippen LogP contribution in [0.25, 0.3) is 11.2 Å². The van der Waals surface area contributed by atoms with Gasteiger partial charge in [0.15, 0.2) is 5.65 Å². The van der Waals surface area contributed by atoms with Crippen LogP contribution in [0.5, 0.6) is 0 Å². The molecule has 0 aromatic carbocycles. The highest BCUT2D eigenvalue weighted by Gasteiger charge is 2.40. The third kappa shape index (κ3) is 1.88. The van der Waals surface area contributed by atoms with E-state index in [0.717, 1.165) is 35.1 Å². The van der Waals surface area contributed by atoms with Crippen LogP contribution < -0.4 is 0 Å². The van der Waals surface area contributed by atoms with Crippen LogP contribution in [-0.4, -0.2) is 19.3 Å². The van der Waals surface area contributed by atoms with Crippen molar-refractivity contribution in [3.05, 3.63) is 11.5 Å². The fourth-order valence-electron chi connectivity index (χ4n) is 3.02. The van der Waals surface area contributed by atoms with E-state index in [1.807, 2.05) is 13.8 Å². The monoisotopic (exact) mass is 280 g/mol. The molecule has 0 aliphatic heterocycles. The Balaban J connectivity index is 2.22. The molecular weight excluding hydrogens is 260 g/mol. The number of alkyl halides is 1. The van der Waals surface area contributed by atoms with Crippen molar-refractivity contribution in [3.8, 4) is 0 Å². The van der Waals surface area contributed by atoms with Crippen molar-refractivity contribution in [2.24, 2.45) is 5.92 Å². The fourth-order valence-corrected chi connectivity index (χ4v) is 3.17. The Morgan fingerprint density at radius 3 is 2.68 bits per heavy atom. The highest BCUT2D eigenvalue weighted by Crippen LogP contribution is 2.48. The molecule has 1 saturated carbocycles. The predicted molar refractivity (Wildman–Crippen MR) is 77.6 cm³/mol. The minimum atomic E-state index is -0.0600. The average molecular weight is 281 g/mol. The van der Waals surface area contributed by atoms with Gasteiger partial charge in [-0.2, -0.15) is 5.10 Å². The highest BCUT2D eigenvalue weighted by atomic mass is 35.5. The van der Waals surface area contributed by atoms with Gasteiger partial charge in [-0.05, 0) is 33.1 Å². The summed E-state index contributed by atoms with van der Waals surface area (Å²) in [5.41, 5.74) is 3.18. The lowest BCUT2D eigenvalue weighted by Gasteiger charge is -2.11. The first-order chi connectivity index (χ1) is 9.08. The molecule has 4 nitrogen and oxygen atoms in total. The quantitative estimate of drug-likeness (QED) is 0.798. The van der Waals surface area contributed by atoms with Crippen molar-refractivity contribution in [3.63, 3.8) is 0 Å². The number of aromatic nitrogens is 4. The minimum absolute atomic E-state index is 0.0600. The summed E-state index contributed by atoms with van der Waals surface area (Å²) in [5, 5.41) is 4.52. The topological polar surface area (TPSA) is 35.6 Å². The Kier molecular flexibility index (Phi) is 3.08. The fraction of sp³-hybridized carbons (Fsp3) is 0.714. The first-order valence-corrected chi connectivity index (χ1v) is 7.61. The van der Waals surface area contributed by atoms with E-state index in [2.05, 4.69) is 28.2 Å². The number of hydrogen-bond donors (Lipinski definition) is 0. The van der Waals surface area contributed by atoms with Gasteiger partial charge in [0.05, 0.1) is 11.1 Å². The van der Waals surface area contributed by atoms with Gasteiger partial charge in [-0.15, -0.1) is 11.6 Å². The summed E-state index contributed by atoms with van der Waals surface area (Å²) in [5.74, 6) is 1.77. The Morgan fingerprint density at radius 1 is 1.42 bits per heavy atom. The van der Waals surface area contributed by atoms with Gasteiger partial charge in [-0.25, -0.2) is 9.67 Å². The Morgan fingerprint density at radius 2 is 2.16 bits per heavy atom. The summed E-state index contributed by atoms with van der Waals surface area (Å²) in [6, 6.07) is 0.563. The third-order valence-corrected chi connectivity index (χ3v) is 4.36. The molecule has 2 heterocycles. The summed E-state index contributed by atoms with van der Waals surface area (Å²) < 4.78 is 4.41. The maximum atomic E-state index is 6.33. The predicted octanol–water partition coefficient (Wildman–Crippen LogP) is 3.83. The lowest BCUT2D eigenvalue weighted by atomic mass is 10.3. The van der Waals surface area contributed by atoms with Crippen molar-refractivity contribution in [2.75, 3.05) is 0 Å². The summed E-state index contributed by atoms with van der Waals surface area (Å²) in [7, 11) is 0. The zero-order chi connectivity index (χ0) is 13.7. The van der Waals surface area contributed by atoms with Gasteiger partial charge >= 0.3 is 0 Å². The second kappa shape index (κ2) is 4.51. The first kappa shape index (κ1) is 13.0. The smallest absolute Gasteiger partial charge is 0.159 e. The van der Waals surface area contributed by atoms with E-state index in [9.17, 15) is 0 Å². The van der Waals surface area contributed by atoms with Crippen LogP contribution in [0, 0.1) is 12.8 Å². The molecule has 1 aliphatic carbocycles. The molecular formula is C14H21ClN4. The molecule has 2 aromatic heterocycles. The van der Waals surface area contributed by atoms with Gasteiger partial charge in [0.25, 0.3) is 0 Å². The van der Waals surface area contributed by atoms with Crippen LogP contribution in [0.2, 0.25) is 0 Å². The van der Waals surface area contributed by atoms with E-state index in [1.54, 1.807) is 0 Å². The maximum absolute atomic E-state index is 6.33. The van der Waals surface area contributed by atoms with Crippen LogP contribution in [0.1, 0.15) is 56.6 Å². The molecule has 0 bridgehead atoms. The van der Waals surface area contributed by atoms with E-state index in [4.69, 9.17) is 16.6 Å². The van der Waals surface area contributed by atoms with Crippen molar-refractivity contribution in [1.29, 1.82) is 0 Å². The average Bonchev–Trinajstić information content (AvgIpc) is 2.94. The molecule has 0 spiro atoms. The molecule has 2 aromatic rings. The second-order valence-corrected chi connectivity index (χ2v) is 6.16. The normalized spacial score (nSPS) is 24.1. The number of aryl methyl sites for hydroxylation is 2. The van der Waals surface area contributed by atoms with E-state index in [1.165, 1.54) is 12.8 Å². The molecule has 0 amide bonds. The standard InChI is InChI=1S/C14H21ClN4/c1-5-10-7-11(10)19-13(8(3)15)16-12-9(4)17-18(6-2)14(12)19/h8,10-11H,5-7H2,1-4H3. The SMILES string of the molecule is CCC1CC1n1c(C(C)Cl)nc2c(C)nn(CC)c21. The Hall–Kier alpha value is -1.03. The second-order valence-electron chi connectivity index (χ2n) is 5.50. The van der Waals surface area contributed by atoms with Crippen LogP contribution in [0.4, 0.5) is 0 Å². The summed E-state index contributed by atoms with van der Waals surface area (Å²) in [6.07, 6.45) is 2.46. The van der Waals surface area contributed by atoms with Gasteiger partial charge in [-0.1, -0.05) is 13.3 Å². The molecule has 104 valence electrons. The van der Waals surface area contributed by atoms with Crippen molar-refractivity contribution < 1.29 is 0 Å². The van der Waals surface area contributed by atoms with Crippen molar-refractivity contribution in [2.45, 2.75) is 58.5 Å². The van der Waals surface area contributed by atoms with Crippen LogP contribution in [0.3, 0.4) is 0 Å². The summed E-state index contributed by atoms with van der Waals surface area (Å²) in [6.45, 7) is 9.28. The summed E-state index contributed by atoms with van der Waals surface area (Å²) in [4.78, 5) is 4.76. The molecule has 3 unspecified atom stereocenters. The molecule has 5 heteroatoms. The van der Waals surface area contributed by atoms with Crippen molar-refractivity contribution in [1.82, 2.24) is 19.3 Å². The highest BCUT2D eigenvalue weighted by molar-refractivity contribution is 6.20. The lowest BCUT2D eigenvalue weighted by molar-refractivity contribution is 0.587. The van der Waals surface area contributed by atoms with Crippen LogP contribution in [-0.2, 0) is 6.54 Å². The number of fused-ring (bicyclic) bond motifs is 1. The number of imidazole rings is 1. The summed E-state index contributed by atoms with van der Waals surface area (Å²) >= 11 is 6.33. The van der Waals surface area contributed by atoms with Crippen LogP contribution in [0.15, 0.2) is 0 Å². The lowest BCUT2D eigenvalue weighted by Crippen LogP contribution is -2.09. The molecule has 1 fully saturated rings. The molecule has 0 N–H and O–H groups in total. The van der Waals surface area contributed by atoms with E-state index in [-0.39, 0.29) is 5.38 Å². The van der Waals surface area contributed by atoms with Gasteiger partial charge in [-0.3, -0.25) is 0 Å². The molecule has 3 atom stereocenters. The van der Waals surface area contributed by atoms with Crippen molar-refractivity contribution >= 4 is 22.8 Å². The van der Waals surface area contributed by atoms with Crippen LogP contribution >= 0.6 is 11.6 Å². The molecule has 1 aliphatic rings. The largest absolute Gasteiger partial charge is 0.308 e. The number of halogens is 1. The molecule has 0 saturated heterocycles. The number of nitrogens with zero attached hydrogens (tertiary/aromatic N) is 4. The zero-order valence-corrected chi connectivity index (χ0v) is 12.8. The van der Waals surface area contributed by atoms with Gasteiger partial charge < -0.3 is 4.57 Å². The first-order valence-electron chi connectivity index (χ1n) is 7.17.